The van der Waals surface area contributed by atoms with Crippen molar-refractivity contribution in [1.29, 1.82) is 0 Å². The van der Waals surface area contributed by atoms with E-state index in [1.54, 1.807) is 7.11 Å². The van der Waals surface area contributed by atoms with Gasteiger partial charge in [0.15, 0.2) is 0 Å². The molecule has 92 valence electrons. The van der Waals surface area contributed by atoms with Gasteiger partial charge in [-0.3, -0.25) is 0 Å². The third-order valence-corrected chi connectivity index (χ3v) is 4.23. The van der Waals surface area contributed by atoms with Crippen LogP contribution in [0.2, 0.25) is 0 Å². The van der Waals surface area contributed by atoms with Crippen molar-refractivity contribution in [1.82, 2.24) is 4.98 Å². The maximum Gasteiger partial charge on any atom is 0.238 e. The average molecular weight is 297 g/mol. The number of rotatable bonds is 2. The minimum absolute atomic E-state index is 0.597. The van der Waals surface area contributed by atoms with Gasteiger partial charge in [-0.25, -0.2) is 4.98 Å². The molecule has 1 aromatic heterocycles. The van der Waals surface area contributed by atoms with Gasteiger partial charge in [-0.1, -0.05) is 6.92 Å². The lowest BCUT2D eigenvalue weighted by molar-refractivity contribution is 0.384. The van der Waals surface area contributed by atoms with Crippen molar-refractivity contribution in [3.63, 3.8) is 0 Å². The number of nitrogens with one attached hydrogen (secondary N) is 1. The van der Waals surface area contributed by atoms with Crippen molar-refractivity contribution in [2.45, 2.75) is 32.2 Å². The van der Waals surface area contributed by atoms with Crippen LogP contribution in [0.5, 0.6) is 5.88 Å². The van der Waals surface area contributed by atoms with Gasteiger partial charge in [-0.15, -0.1) is 0 Å². The summed E-state index contributed by atoms with van der Waals surface area (Å²) in [5, 5.41) is 3.65. The first-order valence-electron chi connectivity index (χ1n) is 6.19. The van der Waals surface area contributed by atoms with Crippen molar-refractivity contribution in [3.05, 3.63) is 16.2 Å². The standard InChI is InChI=1S/C13H17BrN2O/c1-7-5-9-6-10(14)15-13(17-2)12(9)16-11(7)8-3-4-8/h6-8,11,16H,3-5H2,1-2H3/t7?,11-/m1/s1. The fourth-order valence-electron chi connectivity index (χ4n) is 2.82. The number of ether oxygens (including phenoxy) is 1. The summed E-state index contributed by atoms with van der Waals surface area (Å²) < 4.78 is 6.23. The van der Waals surface area contributed by atoms with E-state index in [4.69, 9.17) is 4.74 Å². The van der Waals surface area contributed by atoms with E-state index in [2.05, 4.69) is 39.2 Å². The number of aromatic nitrogens is 1. The minimum atomic E-state index is 0.597. The van der Waals surface area contributed by atoms with Crippen molar-refractivity contribution < 1.29 is 4.74 Å². The molecule has 0 spiro atoms. The zero-order chi connectivity index (χ0) is 12.0. The van der Waals surface area contributed by atoms with Gasteiger partial charge in [-0.05, 0) is 58.7 Å². The number of hydrogen-bond acceptors (Lipinski definition) is 3. The molecule has 3 nitrogen and oxygen atoms in total. The zero-order valence-electron chi connectivity index (χ0n) is 10.2. The lowest BCUT2D eigenvalue weighted by Crippen LogP contribution is -2.35. The van der Waals surface area contributed by atoms with Gasteiger partial charge in [0, 0.05) is 6.04 Å². The smallest absolute Gasteiger partial charge is 0.238 e. The molecule has 2 atom stereocenters. The highest BCUT2D eigenvalue weighted by atomic mass is 79.9. The maximum atomic E-state index is 5.37. The quantitative estimate of drug-likeness (QED) is 0.851. The molecule has 4 heteroatoms. The Labute approximate surface area is 110 Å². The Hall–Kier alpha value is -0.770. The van der Waals surface area contributed by atoms with Gasteiger partial charge < -0.3 is 10.1 Å². The topological polar surface area (TPSA) is 34.1 Å². The predicted molar refractivity (Wildman–Crippen MR) is 71.5 cm³/mol. The molecule has 0 bridgehead atoms. The van der Waals surface area contributed by atoms with Crippen LogP contribution in [0.15, 0.2) is 10.7 Å². The number of nitrogens with zero attached hydrogens (tertiary/aromatic N) is 1. The maximum absolute atomic E-state index is 5.37. The Balaban J connectivity index is 1.98. The van der Waals surface area contributed by atoms with E-state index in [9.17, 15) is 0 Å². The SMILES string of the molecule is COc1nc(Br)cc2c1N[C@@H](C1CC1)C(C)C2. The Morgan fingerprint density at radius 2 is 2.24 bits per heavy atom. The first-order valence-corrected chi connectivity index (χ1v) is 6.98. The van der Waals surface area contributed by atoms with Gasteiger partial charge in [-0.2, -0.15) is 0 Å². The van der Waals surface area contributed by atoms with Gasteiger partial charge in [0.1, 0.15) is 10.3 Å². The second kappa shape index (κ2) is 4.16. The first-order chi connectivity index (χ1) is 8.19. The average Bonchev–Trinajstić information content (AvgIpc) is 3.10. The molecule has 1 aromatic rings. The number of pyridine rings is 1. The fraction of sp³-hybridized carbons (Fsp3) is 0.615. The largest absolute Gasteiger partial charge is 0.479 e. The van der Waals surface area contributed by atoms with Gasteiger partial charge in [0.05, 0.1) is 7.11 Å². The molecular weight excluding hydrogens is 280 g/mol. The summed E-state index contributed by atoms with van der Waals surface area (Å²) in [5.41, 5.74) is 2.42. The number of anilines is 1. The highest BCUT2D eigenvalue weighted by molar-refractivity contribution is 9.10. The molecule has 1 saturated carbocycles. The van der Waals surface area contributed by atoms with E-state index in [1.165, 1.54) is 18.4 Å². The lowest BCUT2D eigenvalue weighted by Gasteiger charge is -2.33. The van der Waals surface area contributed by atoms with Crippen molar-refractivity contribution in [2.75, 3.05) is 12.4 Å². The minimum Gasteiger partial charge on any atom is -0.479 e. The number of fused-ring (bicyclic) bond motifs is 1. The van der Waals surface area contributed by atoms with E-state index in [1.807, 2.05) is 0 Å². The van der Waals surface area contributed by atoms with E-state index < -0.39 is 0 Å². The predicted octanol–water partition coefficient (Wildman–Crippen LogP) is 3.24. The van der Waals surface area contributed by atoms with Gasteiger partial charge in [0.25, 0.3) is 0 Å². The van der Waals surface area contributed by atoms with E-state index in [0.717, 1.165) is 22.6 Å². The molecule has 17 heavy (non-hydrogen) atoms. The third-order valence-electron chi connectivity index (χ3n) is 3.83. The Kier molecular flexibility index (Phi) is 2.77. The molecule has 3 rings (SSSR count). The number of hydrogen-bond donors (Lipinski definition) is 1. The summed E-state index contributed by atoms with van der Waals surface area (Å²) in [4.78, 5) is 4.38. The van der Waals surface area contributed by atoms with Crippen LogP contribution in [0, 0.1) is 11.8 Å². The van der Waals surface area contributed by atoms with E-state index >= 15 is 0 Å². The first kappa shape index (κ1) is 11.3. The highest BCUT2D eigenvalue weighted by Crippen LogP contribution is 2.44. The third kappa shape index (κ3) is 2.03. The van der Waals surface area contributed by atoms with Crippen LogP contribution in [-0.2, 0) is 6.42 Å². The molecule has 1 aliphatic carbocycles. The summed E-state index contributed by atoms with van der Waals surface area (Å²) in [6, 6.07) is 2.70. The monoisotopic (exact) mass is 296 g/mol. The number of methoxy groups -OCH3 is 1. The summed E-state index contributed by atoms with van der Waals surface area (Å²) in [6.45, 7) is 2.33. The van der Waals surface area contributed by atoms with Crippen molar-refractivity contribution >= 4 is 21.6 Å². The van der Waals surface area contributed by atoms with Crippen molar-refractivity contribution in [3.8, 4) is 5.88 Å². The summed E-state index contributed by atoms with van der Waals surface area (Å²) >= 11 is 3.44. The molecule has 2 heterocycles. The molecule has 2 aliphatic rings. The Morgan fingerprint density at radius 1 is 1.47 bits per heavy atom. The van der Waals surface area contributed by atoms with E-state index in [0.29, 0.717) is 17.8 Å². The summed E-state index contributed by atoms with van der Waals surface area (Å²) in [5.74, 6) is 2.26. The van der Waals surface area contributed by atoms with Crippen LogP contribution in [0.25, 0.3) is 0 Å². The van der Waals surface area contributed by atoms with Crippen LogP contribution < -0.4 is 10.1 Å². The molecular formula is C13H17BrN2O. The summed E-state index contributed by atoms with van der Waals surface area (Å²) in [6.07, 6.45) is 3.84. The Morgan fingerprint density at radius 3 is 2.88 bits per heavy atom. The van der Waals surface area contributed by atoms with Crippen LogP contribution in [0.1, 0.15) is 25.3 Å². The van der Waals surface area contributed by atoms with E-state index in [-0.39, 0.29) is 0 Å². The Bertz CT molecular complexity index is 445. The molecule has 1 fully saturated rings. The lowest BCUT2D eigenvalue weighted by atomic mass is 9.86. The van der Waals surface area contributed by atoms with Gasteiger partial charge in [0.2, 0.25) is 5.88 Å². The molecule has 1 unspecified atom stereocenters. The van der Waals surface area contributed by atoms with Crippen LogP contribution >= 0.6 is 15.9 Å². The van der Waals surface area contributed by atoms with Crippen LogP contribution in [-0.4, -0.2) is 18.1 Å². The number of halogens is 1. The second-order valence-corrected chi connectivity index (χ2v) is 5.99. The molecule has 0 radical (unpaired) electrons. The zero-order valence-corrected chi connectivity index (χ0v) is 11.8. The highest BCUT2D eigenvalue weighted by Gasteiger charge is 2.38. The van der Waals surface area contributed by atoms with Crippen LogP contribution in [0.4, 0.5) is 5.69 Å². The van der Waals surface area contributed by atoms with Crippen molar-refractivity contribution in [2.24, 2.45) is 11.8 Å². The normalized spacial score (nSPS) is 27.2. The second-order valence-electron chi connectivity index (χ2n) is 5.18. The molecule has 1 aliphatic heterocycles. The van der Waals surface area contributed by atoms with Crippen LogP contribution in [0.3, 0.4) is 0 Å². The fourth-order valence-corrected chi connectivity index (χ4v) is 3.26. The molecule has 0 amide bonds. The summed E-state index contributed by atoms with van der Waals surface area (Å²) in [7, 11) is 1.68. The molecule has 0 saturated heterocycles. The van der Waals surface area contributed by atoms with Gasteiger partial charge >= 0.3 is 0 Å². The molecule has 1 N–H and O–H groups in total. The molecule has 0 aromatic carbocycles.